The van der Waals surface area contributed by atoms with E-state index in [0.29, 0.717) is 15.3 Å². The van der Waals surface area contributed by atoms with Crippen LogP contribution in [0.5, 0.6) is 0 Å². The fraction of sp³-hybridized carbons (Fsp3) is 0.636. The van der Waals surface area contributed by atoms with Crippen molar-refractivity contribution in [1.29, 1.82) is 0 Å². The Balaban J connectivity index is 2.81. The molecule has 1 rings (SSSR count). The standard InChI is InChI=1S/C11H18BrNO4S2/c1-8(2)17-5-4-13(3)19(15,16)10-6-9(7-14)18-11(10)12/h6,8,14H,4-5,7H2,1-3H3. The smallest absolute Gasteiger partial charge is 0.244 e. The molecule has 19 heavy (non-hydrogen) atoms. The van der Waals surface area contributed by atoms with E-state index in [0.717, 1.165) is 0 Å². The summed E-state index contributed by atoms with van der Waals surface area (Å²) in [5.74, 6) is 0. The van der Waals surface area contributed by atoms with Gasteiger partial charge in [0.15, 0.2) is 0 Å². The third kappa shape index (κ3) is 4.51. The Morgan fingerprint density at radius 1 is 1.53 bits per heavy atom. The summed E-state index contributed by atoms with van der Waals surface area (Å²) in [5, 5.41) is 9.04. The molecule has 1 N–H and O–H groups in total. The number of likely N-dealkylation sites (N-methyl/N-ethyl adjacent to an activating group) is 1. The van der Waals surface area contributed by atoms with Crippen LogP contribution in [0.25, 0.3) is 0 Å². The Kier molecular flexibility index (Phi) is 6.41. The minimum atomic E-state index is -3.55. The summed E-state index contributed by atoms with van der Waals surface area (Å²) in [5.41, 5.74) is 0. The van der Waals surface area contributed by atoms with Crippen LogP contribution in [0.3, 0.4) is 0 Å². The normalized spacial score (nSPS) is 12.6. The highest BCUT2D eigenvalue weighted by Gasteiger charge is 2.25. The lowest BCUT2D eigenvalue weighted by atomic mass is 10.5. The molecule has 0 amide bonds. The molecule has 0 aliphatic heterocycles. The van der Waals surface area contributed by atoms with Crippen LogP contribution in [0.4, 0.5) is 0 Å². The molecule has 0 bridgehead atoms. The van der Waals surface area contributed by atoms with E-state index >= 15 is 0 Å². The molecule has 0 aliphatic rings. The van der Waals surface area contributed by atoms with Crippen LogP contribution in [0.15, 0.2) is 14.7 Å². The van der Waals surface area contributed by atoms with Gasteiger partial charge in [-0.2, -0.15) is 4.31 Å². The first kappa shape index (κ1) is 17.1. The summed E-state index contributed by atoms with van der Waals surface area (Å²) < 4.78 is 31.8. The Bertz CT molecular complexity index is 513. The number of halogens is 1. The summed E-state index contributed by atoms with van der Waals surface area (Å²) in [6.07, 6.45) is 0.0741. The zero-order valence-corrected chi connectivity index (χ0v) is 14.3. The average molecular weight is 372 g/mol. The third-order valence-corrected chi connectivity index (χ3v) is 6.50. The van der Waals surface area contributed by atoms with Crippen molar-refractivity contribution in [1.82, 2.24) is 4.31 Å². The van der Waals surface area contributed by atoms with Crippen LogP contribution in [0.2, 0.25) is 0 Å². The average Bonchev–Trinajstić information content (AvgIpc) is 2.70. The number of thiophene rings is 1. The van der Waals surface area contributed by atoms with E-state index in [2.05, 4.69) is 15.9 Å². The summed E-state index contributed by atoms with van der Waals surface area (Å²) >= 11 is 4.44. The van der Waals surface area contributed by atoms with Gasteiger partial charge in [0.25, 0.3) is 0 Å². The molecule has 0 aromatic carbocycles. The SMILES string of the molecule is CC(C)OCCN(C)S(=O)(=O)c1cc(CO)sc1Br. The van der Waals surface area contributed by atoms with Crippen LogP contribution >= 0.6 is 27.3 Å². The molecule has 110 valence electrons. The third-order valence-electron chi connectivity index (χ3n) is 2.41. The van der Waals surface area contributed by atoms with Crippen molar-refractivity contribution in [2.75, 3.05) is 20.2 Å². The highest BCUT2D eigenvalue weighted by atomic mass is 79.9. The summed E-state index contributed by atoms with van der Waals surface area (Å²) in [7, 11) is -2.04. The number of hydrogen-bond donors (Lipinski definition) is 1. The van der Waals surface area contributed by atoms with Crippen LogP contribution in [-0.4, -0.2) is 44.1 Å². The van der Waals surface area contributed by atoms with Crippen molar-refractivity contribution in [3.8, 4) is 0 Å². The number of hydrogen-bond acceptors (Lipinski definition) is 5. The second-order valence-electron chi connectivity index (χ2n) is 4.25. The molecule has 0 aliphatic carbocycles. The van der Waals surface area contributed by atoms with E-state index in [1.165, 1.54) is 28.8 Å². The van der Waals surface area contributed by atoms with E-state index in [1.807, 2.05) is 13.8 Å². The fourth-order valence-corrected chi connectivity index (χ4v) is 5.00. The molecule has 0 unspecified atom stereocenters. The second-order valence-corrected chi connectivity index (χ2v) is 8.72. The number of aliphatic hydroxyl groups excluding tert-OH is 1. The van der Waals surface area contributed by atoms with E-state index in [1.54, 1.807) is 0 Å². The highest BCUT2D eigenvalue weighted by molar-refractivity contribution is 9.11. The molecule has 1 aromatic heterocycles. The van der Waals surface area contributed by atoms with E-state index in [4.69, 9.17) is 9.84 Å². The molecule has 0 spiro atoms. The molecule has 0 atom stereocenters. The Morgan fingerprint density at radius 3 is 2.63 bits per heavy atom. The van der Waals surface area contributed by atoms with Crippen LogP contribution in [-0.2, 0) is 21.4 Å². The number of nitrogens with zero attached hydrogens (tertiary/aromatic N) is 1. The van der Waals surface area contributed by atoms with Crippen molar-refractivity contribution >= 4 is 37.3 Å². The maximum absolute atomic E-state index is 12.3. The molecule has 0 fully saturated rings. The zero-order valence-electron chi connectivity index (χ0n) is 11.1. The minimum Gasteiger partial charge on any atom is -0.391 e. The van der Waals surface area contributed by atoms with Crippen molar-refractivity contribution in [2.45, 2.75) is 31.5 Å². The van der Waals surface area contributed by atoms with E-state index in [-0.39, 0.29) is 24.2 Å². The Labute approximate surface area is 126 Å². The van der Waals surface area contributed by atoms with Gasteiger partial charge in [0, 0.05) is 18.5 Å². The van der Waals surface area contributed by atoms with E-state index in [9.17, 15) is 8.42 Å². The summed E-state index contributed by atoms with van der Waals surface area (Å²) in [4.78, 5) is 0.797. The van der Waals surface area contributed by atoms with Gasteiger partial charge in [0.05, 0.1) is 23.1 Å². The Morgan fingerprint density at radius 2 is 2.16 bits per heavy atom. The Hall–Kier alpha value is 0.01000. The molecule has 5 nitrogen and oxygen atoms in total. The largest absolute Gasteiger partial charge is 0.391 e. The van der Waals surface area contributed by atoms with Gasteiger partial charge in [-0.15, -0.1) is 11.3 Å². The van der Waals surface area contributed by atoms with Crippen molar-refractivity contribution < 1.29 is 18.3 Å². The first-order valence-corrected chi connectivity index (χ1v) is 8.81. The molecular weight excluding hydrogens is 354 g/mol. The topological polar surface area (TPSA) is 66.8 Å². The summed E-state index contributed by atoms with van der Waals surface area (Å²) in [6, 6.07) is 1.49. The lowest BCUT2D eigenvalue weighted by Gasteiger charge is -2.17. The molecule has 0 radical (unpaired) electrons. The number of sulfonamides is 1. The van der Waals surface area contributed by atoms with Gasteiger partial charge in [0.1, 0.15) is 4.90 Å². The maximum atomic E-state index is 12.3. The van der Waals surface area contributed by atoms with Gasteiger partial charge in [0.2, 0.25) is 10.0 Å². The van der Waals surface area contributed by atoms with Gasteiger partial charge in [-0.3, -0.25) is 0 Å². The van der Waals surface area contributed by atoms with Gasteiger partial charge in [-0.25, -0.2) is 8.42 Å². The number of ether oxygens (including phenoxy) is 1. The number of aliphatic hydroxyl groups is 1. The fourth-order valence-electron chi connectivity index (χ4n) is 1.36. The monoisotopic (exact) mass is 371 g/mol. The van der Waals surface area contributed by atoms with Crippen molar-refractivity contribution in [3.05, 3.63) is 14.7 Å². The quantitative estimate of drug-likeness (QED) is 0.796. The van der Waals surface area contributed by atoms with Crippen molar-refractivity contribution in [3.63, 3.8) is 0 Å². The van der Waals surface area contributed by atoms with Gasteiger partial charge in [-0.05, 0) is 35.8 Å². The molecule has 0 saturated heterocycles. The maximum Gasteiger partial charge on any atom is 0.244 e. The minimum absolute atomic E-state index is 0.0741. The van der Waals surface area contributed by atoms with Crippen LogP contribution in [0, 0.1) is 0 Å². The lowest BCUT2D eigenvalue weighted by molar-refractivity contribution is 0.0737. The van der Waals surface area contributed by atoms with Gasteiger partial charge in [-0.1, -0.05) is 0 Å². The summed E-state index contributed by atoms with van der Waals surface area (Å²) in [6.45, 7) is 4.27. The predicted molar refractivity (Wildman–Crippen MR) is 78.8 cm³/mol. The predicted octanol–water partition coefficient (Wildman–Crippen LogP) is 2.05. The van der Waals surface area contributed by atoms with Crippen LogP contribution in [0.1, 0.15) is 18.7 Å². The van der Waals surface area contributed by atoms with E-state index < -0.39 is 10.0 Å². The first-order chi connectivity index (χ1) is 8.78. The second kappa shape index (κ2) is 7.14. The first-order valence-electron chi connectivity index (χ1n) is 5.76. The molecule has 0 saturated carbocycles. The van der Waals surface area contributed by atoms with Gasteiger partial charge >= 0.3 is 0 Å². The zero-order chi connectivity index (χ0) is 14.6. The molecule has 8 heteroatoms. The molecule has 1 aromatic rings. The highest BCUT2D eigenvalue weighted by Crippen LogP contribution is 2.33. The molecule has 1 heterocycles. The molecular formula is C11H18BrNO4S2. The van der Waals surface area contributed by atoms with Gasteiger partial charge < -0.3 is 9.84 Å². The van der Waals surface area contributed by atoms with Crippen molar-refractivity contribution in [2.24, 2.45) is 0 Å². The number of rotatable bonds is 7. The van der Waals surface area contributed by atoms with Crippen LogP contribution < -0.4 is 0 Å². The lowest BCUT2D eigenvalue weighted by Crippen LogP contribution is -2.30.